The van der Waals surface area contributed by atoms with Crippen LogP contribution in [0, 0.1) is 18.3 Å². The molecular formula is C15H25ClN2O. The van der Waals surface area contributed by atoms with Crippen molar-refractivity contribution in [2.24, 2.45) is 18.4 Å². The molecule has 0 aliphatic heterocycles. The van der Waals surface area contributed by atoms with E-state index in [2.05, 4.69) is 25.9 Å². The third-order valence-corrected chi connectivity index (χ3v) is 4.55. The van der Waals surface area contributed by atoms with E-state index in [9.17, 15) is 0 Å². The summed E-state index contributed by atoms with van der Waals surface area (Å²) < 4.78 is 7.82. The van der Waals surface area contributed by atoms with E-state index in [0.29, 0.717) is 23.3 Å². The van der Waals surface area contributed by atoms with Crippen molar-refractivity contribution in [3.63, 3.8) is 0 Å². The van der Waals surface area contributed by atoms with Gasteiger partial charge in [-0.15, -0.1) is 0 Å². The number of hydrogen-bond acceptors (Lipinski definition) is 2. The Morgan fingerprint density at radius 3 is 2.63 bits per heavy atom. The van der Waals surface area contributed by atoms with Crippen molar-refractivity contribution in [2.75, 3.05) is 0 Å². The summed E-state index contributed by atoms with van der Waals surface area (Å²) in [6.45, 7) is 9.55. The van der Waals surface area contributed by atoms with Gasteiger partial charge in [-0.3, -0.25) is 4.68 Å². The molecule has 2 unspecified atom stereocenters. The minimum Gasteiger partial charge on any atom is -0.373 e. The van der Waals surface area contributed by atoms with Crippen LogP contribution in [0.3, 0.4) is 0 Å². The fourth-order valence-electron chi connectivity index (χ4n) is 3.42. The Kier molecular flexibility index (Phi) is 4.26. The second-order valence-electron chi connectivity index (χ2n) is 6.82. The Morgan fingerprint density at radius 2 is 2.11 bits per heavy atom. The van der Waals surface area contributed by atoms with Crippen LogP contribution in [0.1, 0.15) is 51.3 Å². The highest BCUT2D eigenvalue weighted by Crippen LogP contribution is 2.40. The molecule has 1 aliphatic rings. The zero-order valence-electron chi connectivity index (χ0n) is 12.7. The average molecular weight is 285 g/mol. The van der Waals surface area contributed by atoms with Gasteiger partial charge in [-0.1, -0.05) is 32.4 Å². The topological polar surface area (TPSA) is 27.1 Å². The van der Waals surface area contributed by atoms with E-state index in [1.807, 2.05) is 14.0 Å². The van der Waals surface area contributed by atoms with Gasteiger partial charge in [0.2, 0.25) is 0 Å². The number of rotatable bonds is 3. The van der Waals surface area contributed by atoms with Crippen LogP contribution < -0.4 is 0 Å². The Bertz CT molecular complexity index is 453. The molecule has 1 aromatic heterocycles. The lowest BCUT2D eigenvalue weighted by Gasteiger charge is -2.38. The molecule has 0 saturated heterocycles. The molecular weight excluding hydrogens is 260 g/mol. The van der Waals surface area contributed by atoms with Gasteiger partial charge in [-0.05, 0) is 37.5 Å². The van der Waals surface area contributed by atoms with Gasteiger partial charge in [0.05, 0.1) is 18.4 Å². The molecule has 1 heterocycles. The molecule has 19 heavy (non-hydrogen) atoms. The number of ether oxygens (including phenoxy) is 1. The Morgan fingerprint density at radius 1 is 1.42 bits per heavy atom. The predicted molar refractivity (Wildman–Crippen MR) is 78.3 cm³/mol. The van der Waals surface area contributed by atoms with Gasteiger partial charge in [0, 0.05) is 12.6 Å². The first-order valence-electron chi connectivity index (χ1n) is 7.08. The molecule has 0 bridgehead atoms. The molecule has 1 aliphatic carbocycles. The van der Waals surface area contributed by atoms with Crippen molar-refractivity contribution in [1.82, 2.24) is 9.78 Å². The number of hydrogen-bond donors (Lipinski definition) is 0. The van der Waals surface area contributed by atoms with Crippen LogP contribution >= 0.6 is 11.6 Å². The first-order valence-corrected chi connectivity index (χ1v) is 7.46. The highest BCUT2D eigenvalue weighted by Gasteiger charge is 2.32. The normalized spacial score (nSPS) is 26.6. The molecule has 2 rings (SSSR count). The highest BCUT2D eigenvalue weighted by molar-refractivity contribution is 6.30. The lowest BCUT2D eigenvalue weighted by Crippen LogP contribution is -2.32. The summed E-state index contributed by atoms with van der Waals surface area (Å²) in [6.07, 6.45) is 3.92. The number of aromatic nitrogens is 2. The number of aryl methyl sites for hydroxylation is 2. The molecule has 3 nitrogen and oxygen atoms in total. The van der Waals surface area contributed by atoms with Gasteiger partial charge in [0.15, 0.2) is 0 Å². The maximum Gasteiger partial charge on any atom is 0.132 e. The van der Waals surface area contributed by atoms with Crippen molar-refractivity contribution >= 4 is 11.6 Å². The summed E-state index contributed by atoms with van der Waals surface area (Å²) >= 11 is 6.24. The molecule has 0 amide bonds. The van der Waals surface area contributed by atoms with Gasteiger partial charge < -0.3 is 4.74 Å². The van der Waals surface area contributed by atoms with E-state index in [4.69, 9.17) is 16.3 Å². The average Bonchev–Trinajstić information content (AvgIpc) is 2.48. The summed E-state index contributed by atoms with van der Waals surface area (Å²) in [4.78, 5) is 0. The zero-order chi connectivity index (χ0) is 14.2. The molecule has 1 saturated carbocycles. The minimum absolute atomic E-state index is 0.342. The third kappa shape index (κ3) is 3.51. The molecule has 1 aromatic rings. The molecule has 2 atom stereocenters. The maximum atomic E-state index is 6.24. The summed E-state index contributed by atoms with van der Waals surface area (Å²) in [5, 5.41) is 5.02. The summed E-state index contributed by atoms with van der Waals surface area (Å²) in [7, 11) is 1.87. The maximum absolute atomic E-state index is 6.24. The third-order valence-electron chi connectivity index (χ3n) is 4.08. The standard InChI is InChI=1S/C15H25ClN2O/c1-10-6-12(8-15(3,4)7-10)19-9-13-11(2)17-18(5)14(13)16/h10,12H,6-9H2,1-5H3. The van der Waals surface area contributed by atoms with Gasteiger partial charge in [0.1, 0.15) is 5.15 Å². The van der Waals surface area contributed by atoms with Crippen LogP contribution in [0.5, 0.6) is 0 Å². The van der Waals surface area contributed by atoms with E-state index in [-0.39, 0.29) is 0 Å². The van der Waals surface area contributed by atoms with Crippen LogP contribution in [-0.2, 0) is 18.4 Å². The van der Waals surface area contributed by atoms with Gasteiger partial charge in [0.25, 0.3) is 0 Å². The molecule has 0 radical (unpaired) electrons. The largest absolute Gasteiger partial charge is 0.373 e. The predicted octanol–water partition coefficient (Wildman–Crippen LogP) is 4.11. The van der Waals surface area contributed by atoms with Crippen molar-refractivity contribution in [3.8, 4) is 0 Å². The first-order chi connectivity index (χ1) is 8.78. The van der Waals surface area contributed by atoms with Gasteiger partial charge >= 0.3 is 0 Å². The van der Waals surface area contributed by atoms with E-state index in [0.717, 1.165) is 30.0 Å². The quantitative estimate of drug-likeness (QED) is 0.835. The monoisotopic (exact) mass is 284 g/mol. The van der Waals surface area contributed by atoms with Crippen LogP contribution in [0.2, 0.25) is 5.15 Å². The van der Waals surface area contributed by atoms with Crippen molar-refractivity contribution in [2.45, 2.75) is 59.7 Å². The minimum atomic E-state index is 0.342. The summed E-state index contributed by atoms with van der Waals surface area (Å²) in [5.74, 6) is 0.735. The Hall–Kier alpha value is -0.540. The second-order valence-corrected chi connectivity index (χ2v) is 7.18. The van der Waals surface area contributed by atoms with E-state index < -0.39 is 0 Å². The highest BCUT2D eigenvalue weighted by atomic mass is 35.5. The first kappa shape index (κ1) is 14.9. The summed E-state index contributed by atoms with van der Waals surface area (Å²) in [5.41, 5.74) is 2.38. The lowest BCUT2D eigenvalue weighted by molar-refractivity contribution is -0.0317. The lowest BCUT2D eigenvalue weighted by atomic mass is 9.71. The number of nitrogens with zero attached hydrogens (tertiary/aromatic N) is 2. The molecule has 1 fully saturated rings. The second kappa shape index (κ2) is 5.45. The van der Waals surface area contributed by atoms with Crippen LogP contribution in [0.4, 0.5) is 0 Å². The van der Waals surface area contributed by atoms with E-state index in [1.165, 1.54) is 6.42 Å². The molecule has 4 heteroatoms. The Balaban J connectivity index is 1.98. The summed E-state index contributed by atoms with van der Waals surface area (Å²) in [6, 6.07) is 0. The van der Waals surface area contributed by atoms with Crippen molar-refractivity contribution in [3.05, 3.63) is 16.4 Å². The van der Waals surface area contributed by atoms with Gasteiger partial charge in [-0.2, -0.15) is 5.10 Å². The van der Waals surface area contributed by atoms with Crippen molar-refractivity contribution < 1.29 is 4.74 Å². The van der Waals surface area contributed by atoms with Crippen LogP contribution in [0.15, 0.2) is 0 Å². The van der Waals surface area contributed by atoms with Crippen LogP contribution in [0.25, 0.3) is 0 Å². The smallest absolute Gasteiger partial charge is 0.132 e. The van der Waals surface area contributed by atoms with Crippen molar-refractivity contribution in [1.29, 1.82) is 0 Å². The van der Waals surface area contributed by atoms with E-state index >= 15 is 0 Å². The molecule has 0 spiro atoms. The zero-order valence-corrected chi connectivity index (χ0v) is 13.4. The van der Waals surface area contributed by atoms with E-state index in [1.54, 1.807) is 4.68 Å². The van der Waals surface area contributed by atoms with Gasteiger partial charge in [-0.25, -0.2) is 0 Å². The molecule has 108 valence electrons. The molecule has 0 N–H and O–H groups in total. The fraction of sp³-hybridized carbons (Fsp3) is 0.800. The SMILES string of the molecule is Cc1nn(C)c(Cl)c1COC1CC(C)CC(C)(C)C1. The van der Waals surface area contributed by atoms with Crippen LogP contribution in [-0.4, -0.2) is 15.9 Å². The molecule has 0 aromatic carbocycles. The Labute approximate surface area is 121 Å². The number of halogens is 1. The fourth-order valence-corrected chi connectivity index (χ4v) is 3.65.